The highest BCUT2D eigenvalue weighted by atomic mass is 32.1. The van der Waals surface area contributed by atoms with Crippen molar-refractivity contribution in [3.8, 4) is 0 Å². The summed E-state index contributed by atoms with van der Waals surface area (Å²) in [5, 5.41) is 3.76. The van der Waals surface area contributed by atoms with Crippen LogP contribution in [0.15, 0.2) is 0 Å². The summed E-state index contributed by atoms with van der Waals surface area (Å²) in [7, 11) is 0. The largest absolute Gasteiger partial charge is 0.382 e. The second-order valence-corrected chi connectivity index (χ2v) is 4.78. The molecule has 1 aromatic heterocycles. The minimum Gasteiger partial charge on any atom is -0.382 e. The Bertz CT molecular complexity index is 401. The maximum atomic E-state index is 11.2. The number of primary amides is 1. The normalized spacial score (nSPS) is 20.1. The standard InChI is InChI=1S/C10H16N4O2S/c11-8-7(9(12)15)10(17-14-8)13-5-6-3-1-2-4-16-6/h6,13H,1-5H2,(H2,11,14)(H2,12,15). The Morgan fingerprint density at radius 3 is 3.06 bits per heavy atom. The van der Waals surface area contributed by atoms with Crippen LogP contribution in [-0.2, 0) is 4.74 Å². The lowest BCUT2D eigenvalue weighted by Crippen LogP contribution is -2.27. The van der Waals surface area contributed by atoms with Gasteiger partial charge in [0.05, 0.1) is 6.10 Å². The van der Waals surface area contributed by atoms with Gasteiger partial charge in [-0.05, 0) is 30.8 Å². The van der Waals surface area contributed by atoms with Crippen LogP contribution in [0.2, 0.25) is 0 Å². The molecular weight excluding hydrogens is 240 g/mol. The van der Waals surface area contributed by atoms with Gasteiger partial charge in [-0.3, -0.25) is 4.79 Å². The van der Waals surface area contributed by atoms with E-state index in [9.17, 15) is 4.79 Å². The third kappa shape index (κ3) is 2.86. The topological polar surface area (TPSA) is 103 Å². The summed E-state index contributed by atoms with van der Waals surface area (Å²) in [5.41, 5.74) is 11.1. The van der Waals surface area contributed by atoms with Gasteiger partial charge in [-0.25, -0.2) is 0 Å². The molecule has 0 aliphatic carbocycles. The molecule has 1 amide bonds. The average Bonchev–Trinajstić information content (AvgIpc) is 2.69. The number of hydrogen-bond acceptors (Lipinski definition) is 6. The molecule has 5 N–H and O–H groups in total. The Morgan fingerprint density at radius 1 is 1.59 bits per heavy atom. The predicted octanol–water partition coefficient (Wildman–Crippen LogP) is 0.805. The fraction of sp³-hybridized carbons (Fsp3) is 0.600. The van der Waals surface area contributed by atoms with Crippen molar-refractivity contribution < 1.29 is 9.53 Å². The molecule has 2 rings (SSSR count). The van der Waals surface area contributed by atoms with Crippen LogP contribution in [0.3, 0.4) is 0 Å². The van der Waals surface area contributed by atoms with Gasteiger partial charge in [0, 0.05) is 13.2 Å². The molecule has 2 heterocycles. The average molecular weight is 256 g/mol. The molecule has 0 spiro atoms. The first-order valence-electron chi connectivity index (χ1n) is 5.59. The van der Waals surface area contributed by atoms with E-state index in [2.05, 4.69) is 9.69 Å². The van der Waals surface area contributed by atoms with Gasteiger partial charge in [0.15, 0.2) is 5.82 Å². The van der Waals surface area contributed by atoms with E-state index in [0.29, 0.717) is 11.5 Å². The fourth-order valence-corrected chi connectivity index (χ4v) is 2.56. The number of amides is 1. The van der Waals surface area contributed by atoms with Crippen molar-refractivity contribution in [3.63, 3.8) is 0 Å². The smallest absolute Gasteiger partial charge is 0.255 e. The van der Waals surface area contributed by atoms with Crippen molar-refractivity contribution in [3.05, 3.63) is 5.56 Å². The van der Waals surface area contributed by atoms with Gasteiger partial charge in [0.25, 0.3) is 5.91 Å². The number of nitrogens with zero attached hydrogens (tertiary/aromatic N) is 1. The number of hydrogen-bond donors (Lipinski definition) is 3. The van der Waals surface area contributed by atoms with Crippen molar-refractivity contribution >= 4 is 28.3 Å². The summed E-state index contributed by atoms with van der Waals surface area (Å²) < 4.78 is 9.50. The van der Waals surface area contributed by atoms with Crippen LogP contribution in [0, 0.1) is 0 Å². The molecule has 17 heavy (non-hydrogen) atoms. The number of nitrogens with one attached hydrogen (secondary N) is 1. The lowest BCUT2D eigenvalue weighted by atomic mass is 10.1. The quantitative estimate of drug-likeness (QED) is 0.739. The van der Waals surface area contributed by atoms with Crippen molar-refractivity contribution in [2.75, 3.05) is 24.2 Å². The lowest BCUT2D eigenvalue weighted by Gasteiger charge is -2.22. The van der Waals surface area contributed by atoms with Crippen molar-refractivity contribution in [2.24, 2.45) is 5.73 Å². The van der Waals surface area contributed by atoms with E-state index in [1.54, 1.807) is 0 Å². The SMILES string of the molecule is NC(=O)c1c(N)nsc1NCC1CCCCO1. The number of carbonyl (C=O) groups excluding carboxylic acids is 1. The molecule has 1 aliphatic rings. The van der Waals surface area contributed by atoms with Gasteiger partial charge in [0.1, 0.15) is 10.6 Å². The monoisotopic (exact) mass is 256 g/mol. The summed E-state index contributed by atoms with van der Waals surface area (Å²) in [6.45, 7) is 1.46. The zero-order chi connectivity index (χ0) is 12.3. The Labute approximate surface area is 103 Å². The van der Waals surface area contributed by atoms with Crippen LogP contribution >= 0.6 is 11.5 Å². The second kappa shape index (κ2) is 5.33. The fourth-order valence-electron chi connectivity index (χ4n) is 1.84. The minimum absolute atomic E-state index is 0.188. The van der Waals surface area contributed by atoms with Gasteiger partial charge >= 0.3 is 0 Å². The molecule has 0 bridgehead atoms. The molecule has 1 unspecified atom stereocenters. The third-order valence-electron chi connectivity index (χ3n) is 2.73. The van der Waals surface area contributed by atoms with Crippen LogP contribution < -0.4 is 16.8 Å². The third-order valence-corrected chi connectivity index (χ3v) is 3.55. The molecule has 0 aromatic carbocycles. The first kappa shape index (κ1) is 12.1. The first-order valence-corrected chi connectivity index (χ1v) is 6.36. The Kier molecular flexibility index (Phi) is 3.80. The summed E-state index contributed by atoms with van der Waals surface area (Å²) >= 11 is 1.15. The lowest BCUT2D eigenvalue weighted by molar-refractivity contribution is 0.0248. The highest BCUT2D eigenvalue weighted by molar-refractivity contribution is 7.11. The molecule has 94 valence electrons. The first-order chi connectivity index (χ1) is 8.18. The van der Waals surface area contributed by atoms with E-state index < -0.39 is 5.91 Å². The molecule has 0 radical (unpaired) electrons. The number of nitrogens with two attached hydrogens (primary N) is 2. The van der Waals surface area contributed by atoms with E-state index in [-0.39, 0.29) is 17.5 Å². The number of nitrogen functional groups attached to an aromatic ring is 1. The molecule has 1 atom stereocenters. The van der Waals surface area contributed by atoms with Gasteiger partial charge < -0.3 is 21.5 Å². The van der Waals surface area contributed by atoms with Gasteiger partial charge in [0.2, 0.25) is 0 Å². The maximum absolute atomic E-state index is 11.2. The van der Waals surface area contributed by atoms with E-state index in [1.807, 2.05) is 0 Å². The molecule has 1 fully saturated rings. The second-order valence-electron chi connectivity index (χ2n) is 4.01. The van der Waals surface area contributed by atoms with Crippen molar-refractivity contribution in [1.82, 2.24) is 4.37 Å². The molecule has 1 aromatic rings. The Balaban J connectivity index is 1.96. The Morgan fingerprint density at radius 2 is 2.41 bits per heavy atom. The van der Waals surface area contributed by atoms with Crippen LogP contribution in [0.4, 0.5) is 10.8 Å². The van der Waals surface area contributed by atoms with E-state index in [4.69, 9.17) is 16.2 Å². The number of rotatable bonds is 4. The summed E-state index contributed by atoms with van der Waals surface area (Å²) in [6.07, 6.45) is 3.52. The van der Waals surface area contributed by atoms with Crippen LogP contribution in [-0.4, -0.2) is 29.5 Å². The Hall–Kier alpha value is -1.34. The number of carbonyl (C=O) groups is 1. The van der Waals surface area contributed by atoms with Crippen LogP contribution in [0.1, 0.15) is 29.6 Å². The van der Waals surface area contributed by atoms with Crippen molar-refractivity contribution in [1.29, 1.82) is 0 Å². The maximum Gasteiger partial charge on any atom is 0.255 e. The molecule has 1 aliphatic heterocycles. The van der Waals surface area contributed by atoms with E-state index in [0.717, 1.165) is 31.0 Å². The molecule has 7 heteroatoms. The highest BCUT2D eigenvalue weighted by Crippen LogP contribution is 2.26. The molecular formula is C10H16N4O2S. The summed E-state index contributed by atoms with van der Waals surface area (Å²) in [6, 6.07) is 0. The molecule has 0 saturated carbocycles. The van der Waals surface area contributed by atoms with Gasteiger partial charge in [-0.1, -0.05) is 0 Å². The van der Waals surface area contributed by atoms with Gasteiger partial charge in [-0.2, -0.15) is 4.37 Å². The van der Waals surface area contributed by atoms with Crippen LogP contribution in [0.25, 0.3) is 0 Å². The highest BCUT2D eigenvalue weighted by Gasteiger charge is 2.19. The molecule has 6 nitrogen and oxygen atoms in total. The number of aromatic nitrogens is 1. The van der Waals surface area contributed by atoms with Gasteiger partial charge in [-0.15, -0.1) is 0 Å². The zero-order valence-electron chi connectivity index (χ0n) is 9.44. The minimum atomic E-state index is -0.552. The predicted molar refractivity (Wildman–Crippen MR) is 67.1 cm³/mol. The number of anilines is 2. The zero-order valence-corrected chi connectivity index (χ0v) is 10.3. The number of ether oxygens (including phenoxy) is 1. The summed E-state index contributed by atoms with van der Waals surface area (Å²) in [4.78, 5) is 11.2. The summed E-state index contributed by atoms with van der Waals surface area (Å²) in [5.74, 6) is -0.363. The van der Waals surface area contributed by atoms with E-state index in [1.165, 1.54) is 6.42 Å². The van der Waals surface area contributed by atoms with Crippen molar-refractivity contribution in [2.45, 2.75) is 25.4 Å². The molecule has 1 saturated heterocycles. The van der Waals surface area contributed by atoms with E-state index >= 15 is 0 Å². The van der Waals surface area contributed by atoms with Crippen LogP contribution in [0.5, 0.6) is 0 Å².